The second kappa shape index (κ2) is 3.48. The van der Waals surface area contributed by atoms with Gasteiger partial charge in [0, 0.05) is 30.5 Å². The Bertz CT molecular complexity index is 629. The molecule has 2 aromatic rings. The summed E-state index contributed by atoms with van der Waals surface area (Å²) in [7, 11) is 0. The number of carbonyl (C=O) groups excluding carboxylic acids is 1. The van der Waals surface area contributed by atoms with Crippen LogP contribution >= 0.6 is 0 Å². The molecule has 0 radical (unpaired) electrons. The number of benzene rings is 1. The second-order valence-electron chi connectivity index (χ2n) is 4.97. The Balaban J connectivity index is 1.96. The highest BCUT2D eigenvalue weighted by atomic mass is 16.2. The van der Waals surface area contributed by atoms with E-state index in [1.54, 1.807) is 0 Å². The molecule has 1 aromatic heterocycles. The predicted molar refractivity (Wildman–Crippen MR) is 68.4 cm³/mol. The molecule has 1 unspecified atom stereocenters. The topological polar surface area (TPSA) is 25.2 Å². The van der Waals surface area contributed by atoms with Crippen molar-refractivity contribution in [1.82, 2.24) is 9.47 Å². The smallest absolute Gasteiger partial charge is 0.255 e. The lowest BCUT2D eigenvalue weighted by atomic mass is 10.0. The zero-order valence-corrected chi connectivity index (χ0v) is 10.0. The first-order valence-electron chi connectivity index (χ1n) is 6.41. The molecule has 0 bridgehead atoms. The molecule has 1 atom stereocenters. The highest BCUT2D eigenvalue weighted by Crippen LogP contribution is 2.39. The van der Waals surface area contributed by atoms with Crippen LogP contribution in [0.5, 0.6) is 0 Å². The van der Waals surface area contributed by atoms with E-state index in [0.717, 1.165) is 30.6 Å². The minimum Gasteiger partial charge on any atom is -0.349 e. The Morgan fingerprint density at radius 3 is 2.89 bits per heavy atom. The van der Waals surface area contributed by atoms with Gasteiger partial charge in [-0.3, -0.25) is 4.79 Å². The number of hydrogen-bond acceptors (Lipinski definition) is 1. The van der Waals surface area contributed by atoms with Crippen LogP contribution in [0.25, 0.3) is 0 Å². The van der Waals surface area contributed by atoms with Crippen LogP contribution < -0.4 is 0 Å². The molecular weight excluding hydrogens is 224 g/mol. The summed E-state index contributed by atoms with van der Waals surface area (Å²) in [6, 6.07) is 12.3. The number of fused-ring (bicyclic) bond motifs is 5. The van der Waals surface area contributed by atoms with Crippen LogP contribution in [0.3, 0.4) is 0 Å². The van der Waals surface area contributed by atoms with Gasteiger partial charge in [0.25, 0.3) is 5.91 Å². The standard InChI is InChI=1S/C15H14N2O/c18-15-12-6-2-1-5-11(12)14-13-7-3-8-16(13)9-4-10-17(14)15/h1-3,5-8,14H,4,9-10H2. The zero-order valence-electron chi connectivity index (χ0n) is 10.0. The first-order chi connectivity index (χ1) is 8.86. The number of aryl methyl sites for hydroxylation is 1. The van der Waals surface area contributed by atoms with E-state index in [9.17, 15) is 4.79 Å². The number of hydrogen-bond donors (Lipinski definition) is 0. The summed E-state index contributed by atoms with van der Waals surface area (Å²) in [5.74, 6) is 0.185. The van der Waals surface area contributed by atoms with E-state index in [1.807, 2.05) is 23.1 Å². The lowest BCUT2D eigenvalue weighted by molar-refractivity contribution is 0.0752. The van der Waals surface area contributed by atoms with Crippen LogP contribution in [0.2, 0.25) is 0 Å². The molecule has 0 N–H and O–H groups in total. The fraction of sp³-hybridized carbons (Fsp3) is 0.267. The minimum absolute atomic E-state index is 0.117. The van der Waals surface area contributed by atoms with Crippen molar-refractivity contribution in [2.45, 2.75) is 19.0 Å². The quantitative estimate of drug-likeness (QED) is 0.692. The summed E-state index contributed by atoms with van der Waals surface area (Å²) < 4.78 is 2.28. The van der Waals surface area contributed by atoms with E-state index in [1.165, 1.54) is 5.69 Å². The lowest BCUT2D eigenvalue weighted by Gasteiger charge is -2.22. The fourth-order valence-corrected chi connectivity index (χ4v) is 3.21. The molecular formula is C15H14N2O. The summed E-state index contributed by atoms with van der Waals surface area (Å²) in [4.78, 5) is 14.4. The predicted octanol–water partition coefficient (Wildman–Crippen LogP) is 2.44. The molecule has 0 spiro atoms. The van der Waals surface area contributed by atoms with Gasteiger partial charge in [0.15, 0.2) is 0 Å². The van der Waals surface area contributed by atoms with Crippen LogP contribution in [-0.4, -0.2) is 21.9 Å². The first kappa shape index (κ1) is 9.95. The van der Waals surface area contributed by atoms with Gasteiger partial charge in [-0.25, -0.2) is 0 Å². The Labute approximate surface area is 106 Å². The molecule has 18 heavy (non-hydrogen) atoms. The number of aromatic nitrogens is 1. The second-order valence-corrected chi connectivity index (χ2v) is 4.97. The maximum absolute atomic E-state index is 12.4. The van der Waals surface area contributed by atoms with Crippen molar-refractivity contribution in [3.63, 3.8) is 0 Å². The van der Waals surface area contributed by atoms with Crippen LogP contribution in [-0.2, 0) is 6.54 Å². The molecule has 4 rings (SSSR count). The van der Waals surface area contributed by atoms with Crippen molar-refractivity contribution < 1.29 is 4.79 Å². The van der Waals surface area contributed by atoms with Gasteiger partial charge in [0.1, 0.15) is 0 Å². The van der Waals surface area contributed by atoms with Crippen LogP contribution in [0.15, 0.2) is 42.6 Å². The van der Waals surface area contributed by atoms with Crippen LogP contribution in [0.4, 0.5) is 0 Å². The summed E-state index contributed by atoms with van der Waals surface area (Å²) in [5, 5.41) is 0. The Morgan fingerprint density at radius 2 is 1.94 bits per heavy atom. The molecule has 3 heteroatoms. The van der Waals surface area contributed by atoms with E-state index in [4.69, 9.17) is 0 Å². The fourth-order valence-electron chi connectivity index (χ4n) is 3.21. The van der Waals surface area contributed by atoms with E-state index < -0.39 is 0 Å². The molecule has 0 saturated carbocycles. The van der Waals surface area contributed by atoms with E-state index >= 15 is 0 Å². The van der Waals surface area contributed by atoms with Gasteiger partial charge in [-0.1, -0.05) is 18.2 Å². The van der Waals surface area contributed by atoms with Gasteiger partial charge < -0.3 is 9.47 Å². The molecule has 2 aliphatic heterocycles. The SMILES string of the molecule is O=C1c2ccccc2C2c3cccn3CCCN12. The lowest BCUT2D eigenvalue weighted by Crippen LogP contribution is -2.28. The summed E-state index contributed by atoms with van der Waals surface area (Å²) in [6.45, 7) is 1.85. The van der Waals surface area contributed by atoms with Crippen LogP contribution in [0, 0.1) is 0 Å². The normalized spacial score (nSPS) is 21.2. The highest BCUT2D eigenvalue weighted by molar-refractivity contribution is 5.99. The highest BCUT2D eigenvalue weighted by Gasteiger charge is 2.39. The van der Waals surface area contributed by atoms with Crippen molar-refractivity contribution in [2.24, 2.45) is 0 Å². The van der Waals surface area contributed by atoms with Gasteiger partial charge in [-0.15, -0.1) is 0 Å². The Morgan fingerprint density at radius 1 is 1.06 bits per heavy atom. The number of rotatable bonds is 0. The molecule has 0 aliphatic carbocycles. The number of carbonyl (C=O) groups is 1. The van der Waals surface area contributed by atoms with Gasteiger partial charge in [0.05, 0.1) is 6.04 Å². The molecule has 1 amide bonds. The van der Waals surface area contributed by atoms with Crippen molar-refractivity contribution in [3.8, 4) is 0 Å². The molecule has 2 aliphatic rings. The third kappa shape index (κ3) is 1.16. The first-order valence-corrected chi connectivity index (χ1v) is 6.41. The molecule has 90 valence electrons. The van der Waals surface area contributed by atoms with Gasteiger partial charge in [-0.05, 0) is 30.2 Å². The molecule has 1 aromatic carbocycles. The van der Waals surface area contributed by atoms with Crippen molar-refractivity contribution in [1.29, 1.82) is 0 Å². The van der Waals surface area contributed by atoms with E-state index in [0.29, 0.717) is 0 Å². The van der Waals surface area contributed by atoms with Crippen molar-refractivity contribution >= 4 is 5.91 Å². The van der Waals surface area contributed by atoms with E-state index in [2.05, 4.69) is 29.0 Å². The third-order valence-electron chi connectivity index (χ3n) is 4.00. The maximum Gasteiger partial charge on any atom is 0.255 e. The third-order valence-corrected chi connectivity index (χ3v) is 4.00. The summed E-state index contributed by atoms with van der Waals surface area (Å²) >= 11 is 0. The van der Waals surface area contributed by atoms with Crippen LogP contribution in [0.1, 0.15) is 34.1 Å². The van der Waals surface area contributed by atoms with Gasteiger partial charge >= 0.3 is 0 Å². The zero-order chi connectivity index (χ0) is 12.1. The maximum atomic E-state index is 12.4. The monoisotopic (exact) mass is 238 g/mol. The minimum atomic E-state index is 0.117. The largest absolute Gasteiger partial charge is 0.349 e. The average molecular weight is 238 g/mol. The summed E-state index contributed by atoms with van der Waals surface area (Å²) in [6.07, 6.45) is 3.14. The van der Waals surface area contributed by atoms with Gasteiger partial charge in [-0.2, -0.15) is 0 Å². The molecule has 0 fully saturated rings. The molecule has 3 heterocycles. The van der Waals surface area contributed by atoms with E-state index in [-0.39, 0.29) is 11.9 Å². The van der Waals surface area contributed by atoms with Crippen molar-refractivity contribution in [2.75, 3.05) is 6.54 Å². The Kier molecular flexibility index (Phi) is 1.92. The molecule has 3 nitrogen and oxygen atoms in total. The van der Waals surface area contributed by atoms with Crippen molar-refractivity contribution in [3.05, 3.63) is 59.4 Å². The summed E-state index contributed by atoms with van der Waals surface area (Å²) in [5.41, 5.74) is 3.27. The molecule has 0 saturated heterocycles. The average Bonchev–Trinajstić information content (AvgIpc) is 2.90. The number of amides is 1. The van der Waals surface area contributed by atoms with Gasteiger partial charge in [0.2, 0.25) is 0 Å². The Hall–Kier alpha value is -2.03. The number of nitrogens with zero attached hydrogens (tertiary/aromatic N) is 2.